The molecule has 2 fully saturated rings. The Hall–Kier alpha value is -0.230. The van der Waals surface area contributed by atoms with E-state index in [4.69, 9.17) is 0 Å². The molecule has 2 aliphatic heterocycles. The van der Waals surface area contributed by atoms with Gasteiger partial charge in [0.15, 0.2) is 0 Å². The molecule has 2 heterocycles. The molecule has 8 nitrogen and oxygen atoms in total. The highest BCUT2D eigenvalue weighted by Gasteiger charge is 2.39. The van der Waals surface area contributed by atoms with E-state index in [9.17, 15) is 25.3 Å². The molecule has 2 saturated heterocycles. The maximum absolute atomic E-state index is 11.2. The van der Waals surface area contributed by atoms with Crippen molar-refractivity contribution in [2.75, 3.05) is 23.9 Å². The van der Waals surface area contributed by atoms with Crippen LogP contribution in [0.25, 0.3) is 0 Å². The molecule has 1 unspecified atom stereocenters. The highest BCUT2D eigenvalue weighted by Crippen LogP contribution is 2.27. The summed E-state index contributed by atoms with van der Waals surface area (Å²) in [5, 5.41) is 0. The lowest BCUT2D eigenvalue weighted by atomic mass is 9.99. The molecule has 106 valence electrons. The van der Waals surface area contributed by atoms with Crippen LogP contribution in [0.4, 0.5) is 0 Å². The molecule has 0 aromatic rings. The van der Waals surface area contributed by atoms with Crippen molar-refractivity contribution >= 4 is 30.4 Å². The minimum atomic E-state index is -4.09. The van der Waals surface area contributed by atoms with Crippen LogP contribution in [0.3, 0.4) is 0 Å². The van der Waals surface area contributed by atoms with Gasteiger partial charge in [-0.25, -0.2) is 0 Å². The van der Waals surface area contributed by atoms with Gasteiger partial charge >= 0.3 is 0 Å². The molecule has 0 N–H and O–H groups in total. The lowest BCUT2D eigenvalue weighted by molar-refractivity contribution is 0.287. The Labute approximate surface area is 106 Å². The van der Waals surface area contributed by atoms with E-state index >= 15 is 0 Å². The Bertz CT molecular complexity index is 594. The van der Waals surface area contributed by atoms with Crippen LogP contribution in [-0.2, 0) is 38.2 Å². The van der Waals surface area contributed by atoms with Crippen LogP contribution in [0.1, 0.15) is 6.42 Å². The molecule has 18 heavy (non-hydrogen) atoms. The highest BCUT2D eigenvalue weighted by atomic mass is 32.3. The normalized spacial score (nSPS) is 34.3. The molecule has 1 atom stereocenters. The standard InChI is InChI=1S/C7H12O8S3/c8-16(9)3-6(2-14-16)1-7-4-17(10,11)15-18(12,13)5-7/h6-7H,1-5H2. The predicted octanol–water partition coefficient (Wildman–Crippen LogP) is -1.34. The molecule has 0 saturated carbocycles. The van der Waals surface area contributed by atoms with Crippen molar-refractivity contribution in [1.29, 1.82) is 0 Å². The van der Waals surface area contributed by atoms with Crippen molar-refractivity contribution in [3.8, 4) is 0 Å². The lowest BCUT2D eigenvalue weighted by Crippen LogP contribution is -2.35. The first kappa shape index (κ1) is 14.2. The largest absolute Gasteiger partial charge is 0.282 e. The van der Waals surface area contributed by atoms with Crippen LogP contribution >= 0.6 is 0 Å². The van der Waals surface area contributed by atoms with Crippen molar-refractivity contribution in [1.82, 2.24) is 0 Å². The van der Waals surface area contributed by atoms with E-state index in [0.717, 1.165) is 0 Å². The second kappa shape index (κ2) is 4.40. The average Bonchev–Trinajstić information content (AvgIpc) is 2.38. The Balaban J connectivity index is 2.07. The molecule has 0 aliphatic carbocycles. The van der Waals surface area contributed by atoms with E-state index in [0.29, 0.717) is 0 Å². The molecule has 0 radical (unpaired) electrons. The minimum absolute atomic E-state index is 0.0280. The van der Waals surface area contributed by atoms with Crippen molar-refractivity contribution in [2.24, 2.45) is 11.8 Å². The second-order valence-corrected chi connectivity index (χ2v) is 9.62. The van der Waals surface area contributed by atoms with Crippen LogP contribution in [0, 0.1) is 11.8 Å². The Morgan fingerprint density at radius 3 is 1.72 bits per heavy atom. The fourth-order valence-electron chi connectivity index (χ4n) is 2.17. The van der Waals surface area contributed by atoms with Crippen LogP contribution in [0.5, 0.6) is 0 Å². The van der Waals surface area contributed by atoms with Gasteiger partial charge in [-0.05, 0) is 12.3 Å². The maximum Gasteiger partial charge on any atom is 0.282 e. The zero-order chi connectivity index (χ0) is 13.6. The summed E-state index contributed by atoms with van der Waals surface area (Å²) in [5.74, 6) is -2.06. The van der Waals surface area contributed by atoms with Crippen LogP contribution in [-0.4, -0.2) is 49.1 Å². The zero-order valence-electron chi connectivity index (χ0n) is 9.18. The average molecular weight is 320 g/mol. The zero-order valence-corrected chi connectivity index (χ0v) is 11.6. The monoisotopic (exact) mass is 320 g/mol. The first-order chi connectivity index (χ1) is 8.07. The van der Waals surface area contributed by atoms with E-state index in [1.807, 2.05) is 0 Å². The van der Waals surface area contributed by atoms with Gasteiger partial charge in [0.1, 0.15) is 0 Å². The van der Waals surface area contributed by atoms with E-state index in [-0.39, 0.29) is 24.7 Å². The lowest BCUT2D eigenvalue weighted by Gasteiger charge is -2.22. The summed E-state index contributed by atoms with van der Waals surface area (Å²) in [4.78, 5) is 0. The van der Waals surface area contributed by atoms with Gasteiger partial charge in [-0.3, -0.25) is 4.18 Å². The SMILES string of the molecule is O=S1(=O)CC(CC2CS(=O)(=O)OS(=O)(=O)C2)CO1. The minimum Gasteiger partial charge on any atom is -0.270 e. The van der Waals surface area contributed by atoms with E-state index < -0.39 is 47.8 Å². The third-order valence-electron chi connectivity index (χ3n) is 2.68. The molecule has 0 amide bonds. The topological polar surface area (TPSA) is 121 Å². The Morgan fingerprint density at radius 1 is 0.778 bits per heavy atom. The summed E-state index contributed by atoms with van der Waals surface area (Å²) in [6.45, 7) is -0.0280. The number of hydrogen-bond donors (Lipinski definition) is 0. The summed E-state index contributed by atoms with van der Waals surface area (Å²) in [6.07, 6.45) is 0.168. The van der Waals surface area contributed by atoms with Gasteiger partial charge in [-0.1, -0.05) is 0 Å². The summed E-state index contributed by atoms with van der Waals surface area (Å²) >= 11 is 0. The van der Waals surface area contributed by atoms with Gasteiger partial charge in [-0.15, -0.1) is 3.63 Å². The molecular formula is C7H12O8S3. The van der Waals surface area contributed by atoms with Crippen LogP contribution in [0.2, 0.25) is 0 Å². The van der Waals surface area contributed by atoms with E-state index in [2.05, 4.69) is 7.81 Å². The Morgan fingerprint density at radius 2 is 1.28 bits per heavy atom. The second-order valence-electron chi connectivity index (χ2n) is 4.49. The fourth-order valence-corrected chi connectivity index (χ4v) is 6.99. The third-order valence-corrected chi connectivity index (χ3v) is 7.47. The maximum atomic E-state index is 11.2. The molecule has 0 spiro atoms. The summed E-state index contributed by atoms with van der Waals surface area (Å²) in [6, 6.07) is 0. The van der Waals surface area contributed by atoms with E-state index in [1.54, 1.807) is 0 Å². The smallest absolute Gasteiger partial charge is 0.270 e. The molecule has 2 rings (SSSR count). The van der Waals surface area contributed by atoms with Gasteiger partial charge in [-0.2, -0.15) is 25.3 Å². The predicted molar refractivity (Wildman–Crippen MR) is 60.0 cm³/mol. The third kappa shape index (κ3) is 3.63. The van der Waals surface area contributed by atoms with Crippen LogP contribution < -0.4 is 0 Å². The number of rotatable bonds is 2. The molecule has 2 aliphatic rings. The summed E-state index contributed by atoms with van der Waals surface area (Å²) in [7, 11) is -11.7. The fraction of sp³-hybridized carbons (Fsp3) is 1.00. The molecule has 0 bridgehead atoms. The van der Waals surface area contributed by atoms with Gasteiger partial charge in [0, 0.05) is 5.92 Å². The van der Waals surface area contributed by atoms with Gasteiger partial charge in [0.25, 0.3) is 30.4 Å². The van der Waals surface area contributed by atoms with Gasteiger partial charge < -0.3 is 0 Å². The highest BCUT2D eigenvalue weighted by molar-refractivity contribution is 8.00. The van der Waals surface area contributed by atoms with Crippen molar-refractivity contribution in [2.45, 2.75) is 6.42 Å². The van der Waals surface area contributed by atoms with Crippen molar-refractivity contribution in [3.63, 3.8) is 0 Å². The first-order valence-corrected chi connectivity index (χ1v) is 9.84. The summed E-state index contributed by atoms with van der Waals surface area (Å²) < 4.78 is 75.5. The van der Waals surface area contributed by atoms with Crippen LogP contribution in [0.15, 0.2) is 0 Å². The van der Waals surface area contributed by atoms with Gasteiger partial charge in [0.05, 0.1) is 23.9 Å². The van der Waals surface area contributed by atoms with Crippen molar-refractivity contribution in [3.05, 3.63) is 0 Å². The number of hydrogen-bond acceptors (Lipinski definition) is 8. The van der Waals surface area contributed by atoms with Gasteiger partial charge in [0.2, 0.25) is 0 Å². The molecule has 0 aromatic carbocycles. The van der Waals surface area contributed by atoms with Crippen molar-refractivity contribution < 1.29 is 33.1 Å². The first-order valence-electron chi connectivity index (χ1n) is 5.10. The quantitative estimate of drug-likeness (QED) is 0.573. The molecular weight excluding hydrogens is 308 g/mol. The molecule has 0 aromatic heterocycles. The summed E-state index contributed by atoms with van der Waals surface area (Å²) in [5.41, 5.74) is 0. The molecule has 11 heteroatoms. The van der Waals surface area contributed by atoms with E-state index in [1.165, 1.54) is 0 Å². The Kier molecular flexibility index (Phi) is 3.47.